The Bertz CT molecular complexity index is 404. The Morgan fingerprint density at radius 2 is 2.11 bits per heavy atom. The number of nitrogens with one attached hydrogen (secondary N) is 1. The topological polar surface area (TPSA) is 87.7 Å². The van der Waals surface area contributed by atoms with Crippen LogP contribution in [0.4, 0.5) is 0 Å². The zero-order chi connectivity index (χ0) is 13.4. The van der Waals surface area contributed by atoms with Crippen LogP contribution < -0.4 is 11.1 Å². The first-order valence-electron chi connectivity index (χ1n) is 5.94. The van der Waals surface area contributed by atoms with Gasteiger partial charge >= 0.3 is 0 Å². The number of nitrogens with two attached hydrogens (primary N) is 1. The summed E-state index contributed by atoms with van der Waals surface area (Å²) in [5.41, 5.74) is 6.60. The molecule has 5 nitrogen and oxygen atoms in total. The van der Waals surface area contributed by atoms with E-state index in [9.17, 15) is 4.79 Å². The first-order valence-corrected chi connectivity index (χ1v) is 5.94. The molecule has 0 aliphatic heterocycles. The highest BCUT2D eigenvalue weighted by Crippen LogP contribution is 2.02. The van der Waals surface area contributed by atoms with Crippen LogP contribution in [0.1, 0.15) is 18.9 Å². The van der Waals surface area contributed by atoms with Gasteiger partial charge in [0.1, 0.15) is 0 Å². The lowest BCUT2D eigenvalue weighted by Crippen LogP contribution is -2.37. The number of amidine groups is 1. The lowest BCUT2D eigenvalue weighted by atomic mass is 10.1. The van der Waals surface area contributed by atoms with Crippen molar-refractivity contribution in [2.24, 2.45) is 16.8 Å². The maximum absolute atomic E-state index is 11.6. The molecule has 0 bridgehead atoms. The van der Waals surface area contributed by atoms with Gasteiger partial charge in [-0.3, -0.25) is 4.79 Å². The van der Waals surface area contributed by atoms with Gasteiger partial charge in [-0.05, 0) is 25.3 Å². The Hall–Kier alpha value is -2.04. The third-order valence-electron chi connectivity index (χ3n) is 2.74. The van der Waals surface area contributed by atoms with Crippen LogP contribution in [0.15, 0.2) is 35.5 Å². The Morgan fingerprint density at radius 1 is 1.44 bits per heavy atom. The minimum absolute atomic E-state index is 0.0736. The fraction of sp³-hybridized carbons (Fsp3) is 0.385. The number of carbonyl (C=O) groups excluding carboxylic acids is 1. The van der Waals surface area contributed by atoms with Gasteiger partial charge in [-0.1, -0.05) is 35.5 Å². The van der Waals surface area contributed by atoms with Gasteiger partial charge < -0.3 is 16.3 Å². The molecule has 1 rings (SSSR count). The van der Waals surface area contributed by atoms with E-state index in [1.165, 1.54) is 5.56 Å². The number of benzene rings is 1. The zero-order valence-electron chi connectivity index (χ0n) is 10.5. The van der Waals surface area contributed by atoms with Gasteiger partial charge in [-0.2, -0.15) is 0 Å². The highest BCUT2D eigenvalue weighted by atomic mass is 16.4. The van der Waals surface area contributed by atoms with Crippen molar-refractivity contribution in [3.8, 4) is 0 Å². The molecule has 0 aromatic heterocycles. The lowest BCUT2D eigenvalue weighted by Gasteiger charge is -2.10. The van der Waals surface area contributed by atoms with Crippen LogP contribution in [-0.2, 0) is 11.2 Å². The van der Waals surface area contributed by atoms with E-state index in [0.717, 1.165) is 12.8 Å². The summed E-state index contributed by atoms with van der Waals surface area (Å²) in [4.78, 5) is 11.6. The number of carbonyl (C=O) groups is 1. The van der Waals surface area contributed by atoms with Crippen molar-refractivity contribution in [2.75, 3.05) is 6.54 Å². The predicted octanol–water partition coefficient (Wildman–Crippen LogP) is 1.12. The van der Waals surface area contributed by atoms with E-state index in [2.05, 4.69) is 22.6 Å². The Balaban J connectivity index is 2.24. The van der Waals surface area contributed by atoms with Crippen LogP contribution in [0.5, 0.6) is 0 Å². The molecule has 1 aromatic carbocycles. The van der Waals surface area contributed by atoms with Crippen LogP contribution in [0.2, 0.25) is 0 Å². The molecule has 5 heteroatoms. The van der Waals surface area contributed by atoms with Gasteiger partial charge in [0.05, 0.1) is 5.92 Å². The van der Waals surface area contributed by atoms with Gasteiger partial charge in [0.15, 0.2) is 5.84 Å². The highest BCUT2D eigenvalue weighted by molar-refractivity contribution is 6.01. The van der Waals surface area contributed by atoms with Crippen molar-refractivity contribution in [2.45, 2.75) is 19.8 Å². The van der Waals surface area contributed by atoms with Gasteiger partial charge in [0, 0.05) is 6.54 Å². The fourth-order valence-electron chi connectivity index (χ4n) is 1.52. The second kappa shape index (κ2) is 7.32. The molecular formula is C13H19N3O2. The average Bonchev–Trinajstić information content (AvgIpc) is 2.42. The number of hydrogen-bond donors (Lipinski definition) is 3. The quantitative estimate of drug-likeness (QED) is 0.232. The first-order chi connectivity index (χ1) is 8.65. The second-order valence-corrected chi connectivity index (χ2v) is 4.13. The molecule has 1 amide bonds. The summed E-state index contributed by atoms with van der Waals surface area (Å²) in [6.45, 7) is 2.18. The standard InChI is InChI=1S/C13H19N3O2/c1-10(12(14)16-18)13(17)15-9-5-8-11-6-3-2-4-7-11/h2-4,6-7,10,18H,5,8-9H2,1H3,(H2,14,16)(H,15,17). The van der Waals surface area contributed by atoms with Crippen molar-refractivity contribution in [3.05, 3.63) is 35.9 Å². The summed E-state index contributed by atoms with van der Waals surface area (Å²) in [7, 11) is 0. The molecule has 1 unspecified atom stereocenters. The molecule has 1 aromatic rings. The molecule has 0 saturated carbocycles. The molecule has 0 heterocycles. The first kappa shape index (κ1) is 14.0. The van der Waals surface area contributed by atoms with Crippen molar-refractivity contribution in [1.82, 2.24) is 5.32 Å². The fourth-order valence-corrected chi connectivity index (χ4v) is 1.52. The monoisotopic (exact) mass is 249 g/mol. The van der Waals surface area contributed by atoms with Gasteiger partial charge in [-0.15, -0.1) is 0 Å². The second-order valence-electron chi connectivity index (χ2n) is 4.13. The van der Waals surface area contributed by atoms with E-state index in [1.807, 2.05) is 18.2 Å². The molecule has 18 heavy (non-hydrogen) atoms. The molecule has 1 atom stereocenters. The number of hydrogen-bond acceptors (Lipinski definition) is 3. The van der Waals surface area contributed by atoms with E-state index in [0.29, 0.717) is 6.54 Å². The Morgan fingerprint density at radius 3 is 2.72 bits per heavy atom. The molecule has 0 aliphatic carbocycles. The molecule has 0 fully saturated rings. The number of oxime groups is 1. The molecule has 98 valence electrons. The minimum Gasteiger partial charge on any atom is -0.409 e. The van der Waals surface area contributed by atoms with Crippen molar-refractivity contribution >= 4 is 11.7 Å². The predicted molar refractivity (Wildman–Crippen MR) is 70.3 cm³/mol. The Kier molecular flexibility index (Phi) is 5.70. The maximum atomic E-state index is 11.6. The van der Waals surface area contributed by atoms with Crippen molar-refractivity contribution < 1.29 is 10.0 Å². The van der Waals surface area contributed by atoms with Crippen LogP contribution in [0.25, 0.3) is 0 Å². The number of rotatable bonds is 6. The lowest BCUT2D eigenvalue weighted by molar-refractivity contribution is -0.122. The van der Waals surface area contributed by atoms with Crippen LogP contribution >= 0.6 is 0 Å². The number of amides is 1. The van der Waals surface area contributed by atoms with Crippen molar-refractivity contribution in [3.63, 3.8) is 0 Å². The van der Waals surface area contributed by atoms with Crippen molar-refractivity contribution in [1.29, 1.82) is 0 Å². The normalized spacial score (nSPS) is 13.1. The molecule has 0 radical (unpaired) electrons. The molecule has 0 saturated heterocycles. The zero-order valence-corrected chi connectivity index (χ0v) is 10.5. The third-order valence-corrected chi connectivity index (χ3v) is 2.74. The maximum Gasteiger partial charge on any atom is 0.230 e. The highest BCUT2D eigenvalue weighted by Gasteiger charge is 2.16. The number of aryl methyl sites for hydroxylation is 1. The summed E-state index contributed by atoms with van der Waals surface area (Å²) in [5, 5.41) is 14.0. The molecular weight excluding hydrogens is 230 g/mol. The van der Waals surface area contributed by atoms with Crippen LogP contribution in [0, 0.1) is 5.92 Å². The summed E-state index contributed by atoms with van der Waals surface area (Å²) in [6.07, 6.45) is 1.78. The van der Waals surface area contributed by atoms with Crippen LogP contribution in [0.3, 0.4) is 0 Å². The largest absolute Gasteiger partial charge is 0.409 e. The summed E-state index contributed by atoms with van der Waals surface area (Å²) in [6, 6.07) is 10.1. The SMILES string of the molecule is CC(C(=O)NCCCc1ccccc1)C(N)=NO. The third kappa shape index (κ3) is 4.45. The molecule has 0 aliphatic rings. The van der Waals surface area contributed by atoms with Gasteiger partial charge in [0.25, 0.3) is 0 Å². The van der Waals surface area contributed by atoms with Gasteiger partial charge in [-0.25, -0.2) is 0 Å². The van der Waals surface area contributed by atoms with E-state index >= 15 is 0 Å². The number of nitrogens with zero attached hydrogens (tertiary/aromatic N) is 1. The van der Waals surface area contributed by atoms with Gasteiger partial charge in [0.2, 0.25) is 5.91 Å². The van der Waals surface area contributed by atoms with E-state index < -0.39 is 5.92 Å². The van der Waals surface area contributed by atoms with E-state index in [4.69, 9.17) is 10.9 Å². The van der Waals surface area contributed by atoms with Crippen LogP contribution in [-0.4, -0.2) is 23.5 Å². The Labute approximate surface area is 107 Å². The van der Waals surface area contributed by atoms with E-state index in [-0.39, 0.29) is 11.7 Å². The molecule has 4 N–H and O–H groups in total. The summed E-state index contributed by atoms with van der Waals surface area (Å²) >= 11 is 0. The average molecular weight is 249 g/mol. The minimum atomic E-state index is -0.605. The summed E-state index contributed by atoms with van der Waals surface area (Å²) in [5.74, 6) is -0.902. The summed E-state index contributed by atoms with van der Waals surface area (Å²) < 4.78 is 0. The van der Waals surface area contributed by atoms with E-state index in [1.54, 1.807) is 6.92 Å². The smallest absolute Gasteiger partial charge is 0.230 e. The molecule has 0 spiro atoms.